The fourth-order valence-corrected chi connectivity index (χ4v) is 3.30. The molecule has 0 bridgehead atoms. The summed E-state index contributed by atoms with van der Waals surface area (Å²) >= 11 is 0. The van der Waals surface area contributed by atoms with Crippen molar-refractivity contribution in [2.75, 3.05) is 18.0 Å². The largest absolute Gasteiger partial charge is 0.507 e. The third kappa shape index (κ3) is 6.56. The van der Waals surface area contributed by atoms with E-state index in [1.807, 2.05) is 30.3 Å². The van der Waals surface area contributed by atoms with Crippen molar-refractivity contribution >= 4 is 29.8 Å². The topological polar surface area (TPSA) is 94.0 Å². The molecule has 0 unspecified atom stereocenters. The molecule has 0 aliphatic heterocycles. The summed E-state index contributed by atoms with van der Waals surface area (Å²) in [5.74, 6) is -0.961. The molecule has 3 N–H and O–H groups in total. The van der Waals surface area contributed by atoms with Crippen LogP contribution < -0.4 is 15.6 Å². The highest BCUT2D eigenvalue weighted by molar-refractivity contribution is 6.05. The van der Waals surface area contributed by atoms with Crippen LogP contribution in [0.4, 0.5) is 5.69 Å². The number of carbonyl (C=O) groups is 2. The minimum absolute atomic E-state index is 0.0406. The molecule has 7 nitrogen and oxygen atoms in total. The summed E-state index contributed by atoms with van der Waals surface area (Å²) in [7, 11) is 0. The lowest BCUT2D eigenvalue weighted by molar-refractivity contribution is -0.117. The van der Waals surface area contributed by atoms with Crippen LogP contribution in [0, 0.1) is 0 Å². The van der Waals surface area contributed by atoms with Crippen LogP contribution in [0.25, 0.3) is 6.08 Å². The molecule has 3 aromatic rings. The van der Waals surface area contributed by atoms with Crippen molar-refractivity contribution in [1.29, 1.82) is 0 Å². The second-order valence-electron chi connectivity index (χ2n) is 7.40. The first-order valence-electron chi connectivity index (χ1n) is 11.1. The molecule has 0 spiro atoms. The van der Waals surface area contributed by atoms with Crippen LogP contribution in [0.3, 0.4) is 0 Å². The van der Waals surface area contributed by atoms with Crippen LogP contribution >= 0.6 is 0 Å². The number of rotatable bonds is 9. The Bertz CT molecular complexity index is 1170. The van der Waals surface area contributed by atoms with Crippen LogP contribution in [0.1, 0.15) is 35.3 Å². The molecule has 0 saturated heterocycles. The zero-order chi connectivity index (χ0) is 24.3. The maximum Gasteiger partial charge on any atom is 0.287 e. The number of anilines is 1. The number of nitrogens with one attached hydrogen (secondary N) is 2. The average Bonchev–Trinajstić information content (AvgIpc) is 2.87. The Morgan fingerprint density at radius 1 is 0.912 bits per heavy atom. The van der Waals surface area contributed by atoms with Crippen molar-refractivity contribution in [3.63, 3.8) is 0 Å². The quantitative estimate of drug-likeness (QED) is 0.256. The Balaban J connectivity index is 1.83. The van der Waals surface area contributed by atoms with Gasteiger partial charge in [0.1, 0.15) is 11.4 Å². The van der Waals surface area contributed by atoms with E-state index in [2.05, 4.69) is 34.6 Å². The van der Waals surface area contributed by atoms with Crippen LogP contribution in [0.5, 0.6) is 5.75 Å². The van der Waals surface area contributed by atoms with Gasteiger partial charge in [0.2, 0.25) is 0 Å². The molecule has 3 aromatic carbocycles. The van der Waals surface area contributed by atoms with Crippen LogP contribution in [0.2, 0.25) is 0 Å². The van der Waals surface area contributed by atoms with E-state index in [0.29, 0.717) is 11.1 Å². The Morgan fingerprint density at radius 3 is 2.21 bits per heavy atom. The van der Waals surface area contributed by atoms with Gasteiger partial charge in [0.15, 0.2) is 0 Å². The highest BCUT2D eigenvalue weighted by Crippen LogP contribution is 2.17. The summed E-state index contributed by atoms with van der Waals surface area (Å²) in [6.07, 6.45) is 2.93. The lowest BCUT2D eigenvalue weighted by atomic mass is 10.1. The van der Waals surface area contributed by atoms with Crippen LogP contribution in [0.15, 0.2) is 89.7 Å². The number of hydrogen-bond acceptors (Lipinski definition) is 5. The first kappa shape index (κ1) is 24.3. The van der Waals surface area contributed by atoms with Crippen molar-refractivity contribution < 1.29 is 14.7 Å². The van der Waals surface area contributed by atoms with Crippen molar-refractivity contribution in [1.82, 2.24) is 10.7 Å². The van der Waals surface area contributed by atoms with Gasteiger partial charge in [-0.15, -0.1) is 0 Å². The Hall–Kier alpha value is -4.39. The van der Waals surface area contributed by atoms with E-state index in [1.54, 1.807) is 48.5 Å². The van der Waals surface area contributed by atoms with Gasteiger partial charge in [-0.2, -0.15) is 5.10 Å². The SMILES string of the molecule is CCN(CC)c1ccc(/C=C(/NC(=O)c2ccccc2)C(=O)N/N=C/c2ccccc2O)cc1. The summed E-state index contributed by atoms with van der Waals surface area (Å²) in [5.41, 5.74) is 5.16. The van der Waals surface area contributed by atoms with Gasteiger partial charge in [-0.3, -0.25) is 9.59 Å². The molecule has 2 amide bonds. The van der Waals surface area contributed by atoms with Gasteiger partial charge >= 0.3 is 0 Å². The van der Waals surface area contributed by atoms with E-state index in [0.717, 1.165) is 24.3 Å². The second kappa shape index (κ2) is 12.0. The summed E-state index contributed by atoms with van der Waals surface area (Å²) in [6.45, 7) is 5.96. The highest BCUT2D eigenvalue weighted by Gasteiger charge is 2.14. The number of aromatic hydroxyl groups is 1. The maximum atomic E-state index is 12.9. The number of hydrazone groups is 1. The monoisotopic (exact) mass is 456 g/mol. The first-order chi connectivity index (χ1) is 16.5. The third-order valence-electron chi connectivity index (χ3n) is 5.17. The minimum atomic E-state index is -0.594. The van der Waals surface area contributed by atoms with E-state index in [9.17, 15) is 14.7 Å². The zero-order valence-electron chi connectivity index (χ0n) is 19.2. The molecule has 174 valence electrons. The summed E-state index contributed by atoms with van der Waals surface area (Å²) in [5, 5.41) is 16.4. The fraction of sp³-hybridized carbons (Fsp3) is 0.148. The molecule has 0 aliphatic rings. The number of phenols is 1. The normalized spacial score (nSPS) is 11.3. The molecule has 0 saturated carbocycles. The Labute approximate surface area is 199 Å². The van der Waals surface area contributed by atoms with Crippen molar-refractivity contribution in [2.45, 2.75) is 13.8 Å². The van der Waals surface area contributed by atoms with Gasteiger partial charge in [-0.1, -0.05) is 42.5 Å². The molecule has 0 fully saturated rings. The summed E-state index contributed by atoms with van der Waals surface area (Å²) < 4.78 is 0. The predicted molar refractivity (Wildman–Crippen MR) is 136 cm³/mol. The smallest absolute Gasteiger partial charge is 0.287 e. The minimum Gasteiger partial charge on any atom is -0.507 e. The van der Waals surface area contributed by atoms with Crippen LogP contribution in [-0.4, -0.2) is 36.2 Å². The molecule has 0 aromatic heterocycles. The van der Waals surface area contributed by atoms with Crippen LogP contribution in [-0.2, 0) is 4.79 Å². The van der Waals surface area contributed by atoms with Crippen molar-refractivity contribution in [3.05, 3.63) is 101 Å². The zero-order valence-corrected chi connectivity index (χ0v) is 19.2. The van der Waals surface area contributed by atoms with E-state index in [1.165, 1.54) is 12.3 Å². The van der Waals surface area contributed by atoms with E-state index >= 15 is 0 Å². The lowest BCUT2D eigenvalue weighted by Crippen LogP contribution is -2.32. The molecule has 34 heavy (non-hydrogen) atoms. The number of benzene rings is 3. The first-order valence-corrected chi connectivity index (χ1v) is 11.1. The fourth-order valence-electron chi connectivity index (χ4n) is 3.30. The summed E-state index contributed by atoms with van der Waals surface area (Å²) in [4.78, 5) is 27.8. The predicted octanol–water partition coefficient (Wildman–Crippen LogP) is 4.16. The van der Waals surface area contributed by atoms with Gasteiger partial charge in [-0.25, -0.2) is 5.43 Å². The van der Waals surface area contributed by atoms with E-state index < -0.39 is 11.8 Å². The van der Waals surface area contributed by atoms with E-state index in [-0.39, 0.29) is 11.4 Å². The third-order valence-corrected chi connectivity index (χ3v) is 5.17. The molecule has 7 heteroatoms. The molecule has 0 radical (unpaired) electrons. The van der Waals surface area contributed by atoms with Crippen molar-refractivity contribution in [3.8, 4) is 5.75 Å². The number of nitrogens with zero attached hydrogens (tertiary/aromatic N) is 2. The number of carbonyl (C=O) groups excluding carboxylic acids is 2. The van der Waals surface area contributed by atoms with Gasteiger partial charge < -0.3 is 15.3 Å². The number of para-hydroxylation sites is 1. The molecular formula is C27H28N4O3. The van der Waals surface area contributed by atoms with Gasteiger partial charge in [0.05, 0.1) is 6.21 Å². The van der Waals surface area contributed by atoms with E-state index in [4.69, 9.17) is 0 Å². The average molecular weight is 457 g/mol. The highest BCUT2D eigenvalue weighted by atomic mass is 16.3. The Kier molecular flexibility index (Phi) is 8.57. The molecular weight excluding hydrogens is 428 g/mol. The van der Waals surface area contributed by atoms with Gasteiger partial charge in [0, 0.05) is 29.9 Å². The Morgan fingerprint density at radius 2 is 1.56 bits per heavy atom. The molecule has 3 rings (SSSR count). The summed E-state index contributed by atoms with van der Waals surface area (Å²) in [6, 6.07) is 23.0. The lowest BCUT2D eigenvalue weighted by Gasteiger charge is -2.20. The van der Waals surface area contributed by atoms with Crippen molar-refractivity contribution in [2.24, 2.45) is 5.10 Å². The molecule has 0 heterocycles. The molecule has 0 aliphatic carbocycles. The van der Waals surface area contributed by atoms with Gasteiger partial charge in [-0.05, 0) is 61.9 Å². The number of phenolic OH excluding ortho intramolecular Hbond substituents is 1. The second-order valence-corrected chi connectivity index (χ2v) is 7.40. The number of hydrogen-bond donors (Lipinski definition) is 3. The van der Waals surface area contributed by atoms with Gasteiger partial charge in [0.25, 0.3) is 11.8 Å². The standard InChI is InChI=1S/C27H28N4O3/c1-3-31(4-2)23-16-14-20(15-17-23)18-24(29-26(33)21-10-6-5-7-11-21)27(34)30-28-19-22-12-8-9-13-25(22)32/h5-19,32H,3-4H2,1-2H3,(H,29,33)(H,30,34)/b24-18+,28-19+. The molecule has 0 atom stereocenters. The maximum absolute atomic E-state index is 12.9. The number of amides is 2.